The molecule has 26 heavy (non-hydrogen) atoms. The zero-order chi connectivity index (χ0) is 17.2. The number of hydrogen-bond donors (Lipinski definition) is 2. The van der Waals surface area contributed by atoms with E-state index in [0.29, 0.717) is 37.4 Å². The highest BCUT2D eigenvalue weighted by Gasteiger charge is 2.43. The van der Waals surface area contributed by atoms with Crippen molar-refractivity contribution in [2.24, 2.45) is 0 Å². The van der Waals surface area contributed by atoms with E-state index in [1.54, 1.807) is 35.1 Å². The summed E-state index contributed by atoms with van der Waals surface area (Å²) < 4.78 is 41.5. The summed E-state index contributed by atoms with van der Waals surface area (Å²) in [4.78, 5) is 17.6. The fourth-order valence-electron chi connectivity index (χ4n) is 2.79. The monoisotopic (exact) mass is 413 g/mol. The van der Waals surface area contributed by atoms with Crippen LogP contribution in [0.4, 0.5) is 13.2 Å². The maximum atomic E-state index is 13.3. The van der Waals surface area contributed by atoms with Gasteiger partial charge in [0.1, 0.15) is 11.7 Å². The highest BCUT2D eigenvalue weighted by Crippen LogP contribution is 2.24. The van der Waals surface area contributed by atoms with Crippen molar-refractivity contribution in [3.8, 4) is 0 Å². The molecule has 3 rings (SSSR count). The third kappa shape index (κ3) is 5.23. The first-order valence-electron chi connectivity index (χ1n) is 7.67. The van der Waals surface area contributed by atoms with Gasteiger partial charge in [0.05, 0.1) is 5.56 Å². The van der Waals surface area contributed by atoms with E-state index in [-0.39, 0.29) is 24.8 Å². The normalized spacial score (nSPS) is 16.4. The molecule has 0 bridgehead atoms. The summed E-state index contributed by atoms with van der Waals surface area (Å²) >= 11 is 0. The number of carbonyl (C=O) groups excluding carboxylic acids is 1. The van der Waals surface area contributed by atoms with Gasteiger partial charge in [-0.25, -0.2) is 4.98 Å². The number of imidazole rings is 1. The molecule has 0 spiro atoms. The molecule has 0 saturated carbocycles. The minimum atomic E-state index is -4.39. The average Bonchev–Trinajstić information content (AvgIpc) is 3.02. The van der Waals surface area contributed by atoms with Crippen LogP contribution in [0.5, 0.6) is 0 Å². The van der Waals surface area contributed by atoms with Crippen LogP contribution < -0.4 is 10.6 Å². The van der Waals surface area contributed by atoms with Gasteiger partial charge in [-0.3, -0.25) is 9.69 Å². The van der Waals surface area contributed by atoms with Gasteiger partial charge in [-0.2, -0.15) is 13.2 Å². The fourth-order valence-corrected chi connectivity index (χ4v) is 2.79. The van der Waals surface area contributed by atoms with E-state index < -0.39 is 24.7 Å². The number of amides is 1. The summed E-state index contributed by atoms with van der Waals surface area (Å²) in [6, 6.07) is 1.51. The van der Waals surface area contributed by atoms with Crippen molar-refractivity contribution in [3.05, 3.63) is 36.3 Å². The molecule has 2 aromatic heterocycles. The zero-order valence-corrected chi connectivity index (χ0v) is 15.3. The molecular formula is C15H20Cl2F3N5O. The highest BCUT2D eigenvalue weighted by molar-refractivity contribution is 5.94. The van der Waals surface area contributed by atoms with Crippen LogP contribution in [0.25, 0.3) is 5.65 Å². The second-order valence-corrected chi connectivity index (χ2v) is 5.66. The second-order valence-electron chi connectivity index (χ2n) is 5.66. The number of pyridine rings is 1. The minimum Gasteiger partial charge on any atom is -0.350 e. The van der Waals surface area contributed by atoms with Crippen molar-refractivity contribution in [1.29, 1.82) is 0 Å². The number of nitrogens with one attached hydrogen (secondary N) is 2. The molecule has 0 aliphatic carbocycles. The first-order chi connectivity index (χ1) is 11.4. The van der Waals surface area contributed by atoms with E-state index in [4.69, 9.17) is 0 Å². The lowest BCUT2D eigenvalue weighted by Gasteiger charge is -2.35. The molecule has 1 unspecified atom stereocenters. The summed E-state index contributed by atoms with van der Waals surface area (Å²) in [5, 5.41) is 5.43. The average molecular weight is 414 g/mol. The predicted molar refractivity (Wildman–Crippen MR) is 96.3 cm³/mol. The molecule has 0 aromatic carbocycles. The lowest BCUT2D eigenvalue weighted by molar-refractivity contribution is -0.183. The number of rotatable bonds is 4. The summed E-state index contributed by atoms with van der Waals surface area (Å²) in [6.07, 6.45) is 0.413. The van der Waals surface area contributed by atoms with E-state index >= 15 is 0 Å². The second kappa shape index (κ2) is 9.40. The zero-order valence-electron chi connectivity index (χ0n) is 13.7. The van der Waals surface area contributed by atoms with Gasteiger partial charge >= 0.3 is 6.18 Å². The highest BCUT2D eigenvalue weighted by atomic mass is 35.5. The first kappa shape index (κ1) is 22.5. The van der Waals surface area contributed by atoms with Gasteiger partial charge in [-0.05, 0) is 12.1 Å². The Balaban J connectivity index is 0.00000169. The summed E-state index contributed by atoms with van der Waals surface area (Å²) in [5.41, 5.74) is 0.960. The smallest absolute Gasteiger partial charge is 0.350 e. The molecule has 1 fully saturated rings. The van der Waals surface area contributed by atoms with Gasteiger partial charge < -0.3 is 15.0 Å². The Hall–Kier alpha value is -1.55. The number of nitrogens with zero attached hydrogens (tertiary/aromatic N) is 3. The number of halogens is 5. The Labute approximate surface area is 161 Å². The number of piperazine rings is 1. The quantitative estimate of drug-likeness (QED) is 0.801. The van der Waals surface area contributed by atoms with Crippen molar-refractivity contribution in [2.75, 3.05) is 32.7 Å². The molecule has 2 aromatic rings. The van der Waals surface area contributed by atoms with Gasteiger partial charge in [0, 0.05) is 51.3 Å². The van der Waals surface area contributed by atoms with E-state index in [0.717, 1.165) is 0 Å². The van der Waals surface area contributed by atoms with Gasteiger partial charge in [-0.15, -0.1) is 24.8 Å². The minimum absolute atomic E-state index is 0. The van der Waals surface area contributed by atoms with Gasteiger partial charge in [0.15, 0.2) is 0 Å². The van der Waals surface area contributed by atoms with E-state index in [2.05, 4.69) is 15.6 Å². The van der Waals surface area contributed by atoms with Gasteiger partial charge in [-0.1, -0.05) is 0 Å². The van der Waals surface area contributed by atoms with Crippen LogP contribution in [0, 0.1) is 0 Å². The Kier molecular flexibility index (Phi) is 8.14. The number of carbonyl (C=O) groups is 1. The predicted octanol–water partition coefficient (Wildman–Crippen LogP) is 1.74. The van der Waals surface area contributed by atoms with Gasteiger partial charge in [0.25, 0.3) is 5.91 Å². The van der Waals surface area contributed by atoms with Crippen LogP contribution in [-0.4, -0.2) is 65.1 Å². The largest absolute Gasteiger partial charge is 0.405 e. The number of alkyl halides is 3. The molecule has 1 amide bonds. The Morgan fingerprint density at radius 3 is 2.62 bits per heavy atom. The Morgan fingerprint density at radius 2 is 1.96 bits per heavy atom. The lowest BCUT2D eigenvalue weighted by atomic mass is 10.2. The van der Waals surface area contributed by atoms with Crippen LogP contribution in [0.3, 0.4) is 0 Å². The Morgan fingerprint density at radius 1 is 1.27 bits per heavy atom. The van der Waals surface area contributed by atoms with Crippen LogP contribution in [0.1, 0.15) is 10.4 Å². The molecular weight excluding hydrogens is 394 g/mol. The van der Waals surface area contributed by atoms with Crippen LogP contribution >= 0.6 is 24.8 Å². The first-order valence-corrected chi connectivity index (χ1v) is 7.67. The molecule has 11 heteroatoms. The van der Waals surface area contributed by atoms with Crippen molar-refractivity contribution >= 4 is 36.4 Å². The number of fused-ring (bicyclic) bond motifs is 1. The molecule has 146 valence electrons. The van der Waals surface area contributed by atoms with Gasteiger partial charge in [0.2, 0.25) is 0 Å². The van der Waals surface area contributed by atoms with Crippen molar-refractivity contribution < 1.29 is 18.0 Å². The SMILES string of the molecule is Cl.Cl.O=C(NCC(N1CCNCC1)C(F)(F)F)c1ccc2nccn2c1. The molecule has 2 N–H and O–H groups in total. The number of hydrogen-bond acceptors (Lipinski definition) is 4. The third-order valence-corrected chi connectivity index (χ3v) is 4.08. The standard InChI is InChI=1S/C15H18F3N5O.2ClH/c16-15(17,18)12(22-6-3-19-4-7-22)9-21-14(24)11-1-2-13-20-5-8-23(13)10-11;;/h1-2,5,8,10,12,19H,3-4,6-7,9H2,(H,21,24);2*1H. The summed E-state index contributed by atoms with van der Waals surface area (Å²) in [7, 11) is 0. The van der Waals surface area contributed by atoms with Crippen LogP contribution in [0.15, 0.2) is 30.7 Å². The lowest BCUT2D eigenvalue weighted by Crippen LogP contribution is -2.57. The maximum Gasteiger partial charge on any atom is 0.405 e. The third-order valence-electron chi connectivity index (χ3n) is 4.08. The van der Waals surface area contributed by atoms with Crippen LogP contribution in [0.2, 0.25) is 0 Å². The van der Waals surface area contributed by atoms with E-state index in [1.165, 1.54) is 4.90 Å². The van der Waals surface area contributed by atoms with Crippen LogP contribution in [-0.2, 0) is 0 Å². The summed E-state index contributed by atoms with van der Waals surface area (Å²) in [6.45, 7) is 1.17. The molecule has 1 atom stereocenters. The van der Waals surface area contributed by atoms with E-state index in [1.807, 2.05) is 0 Å². The molecule has 1 aliphatic heterocycles. The molecule has 0 radical (unpaired) electrons. The van der Waals surface area contributed by atoms with Crippen molar-refractivity contribution in [1.82, 2.24) is 24.9 Å². The molecule has 1 aliphatic rings. The molecule has 3 heterocycles. The topological polar surface area (TPSA) is 61.7 Å². The number of aromatic nitrogens is 2. The van der Waals surface area contributed by atoms with E-state index in [9.17, 15) is 18.0 Å². The fraction of sp³-hybridized carbons (Fsp3) is 0.467. The summed E-state index contributed by atoms with van der Waals surface area (Å²) in [5.74, 6) is -0.532. The Bertz CT molecular complexity index is 719. The maximum absolute atomic E-state index is 13.3. The molecule has 1 saturated heterocycles. The van der Waals surface area contributed by atoms with Crippen molar-refractivity contribution in [2.45, 2.75) is 12.2 Å². The van der Waals surface area contributed by atoms with Crippen molar-refractivity contribution in [3.63, 3.8) is 0 Å². The molecule has 6 nitrogen and oxygen atoms in total.